The van der Waals surface area contributed by atoms with E-state index < -0.39 is 0 Å². The van der Waals surface area contributed by atoms with Gasteiger partial charge in [0.1, 0.15) is 0 Å². The minimum atomic E-state index is 0.639. The van der Waals surface area contributed by atoms with Crippen molar-refractivity contribution in [2.24, 2.45) is 0 Å². The molecule has 0 N–H and O–H groups in total. The number of hydrogen-bond donors (Lipinski definition) is 0. The SMILES string of the molecule is COc1cc2nc(N3CCN(Cc4ccccc4)CC3)n3nc(-c4ccccc4)nc3c2cc1OC. The van der Waals surface area contributed by atoms with Crippen LogP contribution >= 0.6 is 0 Å². The van der Waals surface area contributed by atoms with Gasteiger partial charge in [-0.2, -0.15) is 4.52 Å². The van der Waals surface area contributed by atoms with Gasteiger partial charge >= 0.3 is 0 Å². The van der Waals surface area contributed by atoms with Gasteiger partial charge in [-0.3, -0.25) is 4.90 Å². The molecule has 0 amide bonds. The van der Waals surface area contributed by atoms with Crippen LogP contribution < -0.4 is 14.4 Å². The number of aromatic nitrogens is 4. The third-order valence-electron chi connectivity index (χ3n) is 6.70. The maximum absolute atomic E-state index is 5.57. The van der Waals surface area contributed by atoms with Gasteiger partial charge in [0.25, 0.3) is 0 Å². The van der Waals surface area contributed by atoms with E-state index in [-0.39, 0.29) is 0 Å². The molecule has 2 aromatic heterocycles. The summed E-state index contributed by atoms with van der Waals surface area (Å²) in [6.07, 6.45) is 0. The van der Waals surface area contributed by atoms with Crippen LogP contribution in [0, 0.1) is 0 Å². The molecule has 8 nitrogen and oxygen atoms in total. The molecule has 0 unspecified atom stereocenters. The largest absolute Gasteiger partial charge is 0.493 e. The molecule has 182 valence electrons. The third-order valence-corrected chi connectivity index (χ3v) is 6.70. The van der Waals surface area contributed by atoms with Gasteiger partial charge < -0.3 is 14.4 Å². The molecule has 5 aromatic rings. The summed E-state index contributed by atoms with van der Waals surface area (Å²) in [5.41, 5.74) is 3.85. The Hall–Kier alpha value is -4.17. The molecule has 0 atom stereocenters. The molecule has 0 radical (unpaired) electrons. The lowest BCUT2D eigenvalue weighted by Gasteiger charge is -2.35. The van der Waals surface area contributed by atoms with E-state index in [0.29, 0.717) is 17.3 Å². The van der Waals surface area contributed by atoms with Crippen LogP contribution in [-0.4, -0.2) is 64.9 Å². The topological polar surface area (TPSA) is 68.0 Å². The highest BCUT2D eigenvalue weighted by atomic mass is 16.5. The molecule has 0 saturated carbocycles. The van der Waals surface area contributed by atoms with Crippen molar-refractivity contribution in [3.05, 3.63) is 78.4 Å². The summed E-state index contributed by atoms with van der Waals surface area (Å²) in [4.78, 5) is 14.8. The van der Waals surface area contributed by atoms with Crippen molar-refractivity contribution in [1.82, 2.24) is 24.5 Å². The van der Waals surface area contributed by atoms with E-state index >= 15 is 0 Å². The molecule has 8 heteroatoms. The lowest BCUT2D eigenvalue weighted by Crippen LogP contribution is -2.46. The summed E-state index contributed by atoms with van der Waals surface area (Å²) in [6, 6.07) is 24.5. The first-order valence-corrected chi connectivity index (χ1v) is 12.1. The van der Waals surface area contributed by atoms with Gasteiger partial charge in [-0.1, -0.05) is 60.7 Å². The maximum atomic E-state index is 5.57. The second-order valence-corrected chi connectivity index (χ2v) is 8.92. The molecule has 1 saturated heterocycles. The highest BCUT2D eigenvalue weighted by Crippen LogP contribution is 2.35. The Morgan fingerprint density at radius 1 is 0.778 bits per heavy atom. The predicted octanol–water partition coefficient (Wildman–Crippen LogP) is 4.28. The average molecular weight is 481 g/mol. The Labute approximate surface area is 209 Å². The molecule has 3 aromatic carbocycles. The van der Waals surface area contributed by atoms with Gasteiger partial charge in [0, 0.05) is 49.7 Å². The monoisotopic (exact) mass is 480 g/mol. The predicted molar refractivity (Wildman–Crippen MR) is 141 cm³/mol. The van der Waals surface area contributed by atoms with E-state index in [4.69, 9.17) is 24.5 Å². The van der Waals surface area contributed by atoms with Crippen LogP contribution in [0.2, 0.25) is 0 Å². The van der Waals surface area contributed by atoms with Crippen LogP contribution in [0.25, 0.3) is 27.9 Å². The van der Waals surface area contributed by atoms with Crippen LogP contribution in [0.5, 0.6) is 11.5 Å². The fraction of sp³-hybridized carbons (Fsp3) is 0.250. The first-order chi connectivity index (χ1) is 17.7. The van der Waals surface area contributed by atoms with Crippen LogP contribution in [0.4, 0.5) is 5.95 Å². The number of ether oxygens (including phenoxy) is 2. The van der Waals surface area contributed by atoms with Crippen molar-refractivity contribution >= 4 is 22.5 Å². The summed E-state index contributed by atoms with van der Waals surface area (Å²) in [5, 5.41) is 5.78. The fourth-order valence-corrected chi connectivity index (χ4v) is 4.78. The molecule has 1 aliphatic rings. The van der Waals surface area contributed by atoms with Crippen molar-refractivity contribution in [3.8, 4) is 22.9 Å². The summed E-state index contributed by atoms with van der Waals surface area (Å²) in [7, 11) is 3.27. The minimum absolute atomic E-state index is 0.639. The molecular weight excluding hydrogens is 452 g/mol. The summed E-state index contributed by atoms with van der Waals surface area (Å²) in [6.45, 7) is 4.56. The zero-order chi connectivity index (χ0) is 24.5. The van der Waals surface area contributed by atoms with Gasteiger partial charge in [-0.05, 0) is 11.6 Å². The number of nitrogens with zero attached hydrogens (tertiary/aromatic N) is 6. The van der Waals surface area contributed by atoms with Gasteiger partial charge in [0.2, 0.25) is 5.95 Å². The van der Waals surface area contributed by atoms with Gasteiger partial charge in [0.15, 0.2) is 23.0 Å². The van der Waals surface area contributed by atoms with Crippen molar-refractivity contribution in [2.75, 3.05) is 45.3 Å². The lowest BCUT2D eigenvalue weighted by atomic mass is 10.2. The van der Waals surface area contributed by atoms with E-state index in [2.05, 4.69) is 40.1 Å². The third kappa shape index (κ3) is 4.09. The van der Waals surface area contributed by atoms with Crippen molar-refractivity contribution in [2.45, 2.75) is 6.54 Å². The molecular formula is C28H28N6O2. The number of methoxy groups -OCH3 is 2. The standard InChI is InChI=1S/C28H28N6O2/c1-35-24-17-22-23(18-25(24)36-2)29-28(34-27(22)30-26(31-34)21-11-7-4-8-12-21)33-15-13-32(14-16-33)19-20-9-5-3-6-10-20/h3-12,17-18H,13-16,19H2,1-2H3. The molecule has 0 spiro atoms. The molecule has 3 heterocycles. The Balaban J connectivity index is 1.41. The van der Waals surface area contributed by atoms with Crippen LogP contribution in [0.15, 0.2) is 72.8 Å². The summed E-state index contributed by atoms with van der Waals surface area (Å²) < 4.78 is 13.0. The first kappa shape index (κ1) is 22.3. The van der Waals surface area contributed by atoms with E-state index in [9.17, 15) is 0 Å². The number of rotatable bonds is 6. The molecule has 1 fully saturated rings. The second kappa shape index (κ2) is 9.47. The second-order valence-electron chi connectivity index (χ2n) is 8.92. The number of benzene rings is 3. The van der Waals surface area contributed by atoms with Crippen molar-refractivity contribution in [1.29, 1.82) is 0 Å². The number of anilines is 1. The number of piperazine rings is 1. The Morgan fingerprint density at radius 3 is 2.14 bits per heavy atom. The highest BCUT2D eigenvalue weighted by Gasteiger charge is 2.24. The zero-order valence-electron chi connectivity index (χ0n) is 20.5. The molecule has 6 rings (SSSR count). The Morgan fingerprint density at radius 2 is 1.44 bits per heavy atom. The van der Waals surface area contributed by atoms with Gasteiger partial charge in [0.05, 0.1) is 19.7 Å². The van der Waals surface area contributed by atoms with E-state index in [1.54, 1.807) is 14.2 Å². The van der Waals surface area contributed by atoms with Crippen LogP contribution in [-0.2, 0) is 6.54 Å². The minimum Gasteiger partial charge on any atom is -0.493 e. The summed E-state index contributed by atoms with van der Waals surface area (Å²) in [5.74, 6) is 2.74. The molecule has 1 aliphatic heterocycles. The lowest BCUT2D eigenvalue weighted by molar-refractivity contribution is 0.248. The molecule has 0 bridgehead atoms. The van der Waals surface area contributed by atoms with E-state index in [1.165, 1.54) is 5.56 Å². The maximum Gasteiger partial charge on any atom is 0.229 e. The van der Waals surface area contributed by atoms with E-state index in [0.717, 1.165) is 60.8 Å². The smallest absolute Gasteiger partial charge is 0.229 e. The normalized spacial score (nSPS) is 14.4. The first-order valence-electron chi connectivity index (χ1n) is 12.1. The number of hydrogen-bond acceptors (Lipinski definition) is 7. The summed E-state index contributed by atoms with van der Waals surface area (Å²) >= 11 is 0. The average Bonchev–Trinajstić information content (AvgIpc) is 3.39. The Bertz CT molecular complexity index is 1500. The fourth-order valence-electron chi connectivity index (χ4n) is 4.78. The van der Waals surface area contributed by atoms with Gasteiger partial charge in [-0.15, -0.1) is 5.10 Å². The quantitative estimate of drug-likeness (QED) is 0.359. The number of fused-ring (bicyclic) bond motifs is 3. The Kier molecular flexibility index (Phi) is 5.87. The zero-order valence-corrected chi connectivity index (χ0v) is 20.5. The van der Waals surface area contributed by atoms with Crippen molar-refractivity contribution < 1.29 is 9.47 Å². The van der Waals surface area contributed by atoms with Crippen molar-refractivity contribution in [3.63, 3.8) is 0 Å². The highest BCUT2D eigenvalue weighted by molar-refractivity contribution is 5.95. The molecule has 0 aliphatic carbocycles. The van der Waals surface area contributed by atoms with Crippen LogP contribution in [0.3, 0.4) is 0 Å². The van der Waals surface area contributed by atoms with E-state index in [1.807, 2.05) is 47.0 Å². The van der Waals surface area contributed by atoms with Gasteiger partial charge in [-0.25, -0.2) is 9.97 Å². The van der Waals surface area contributed by atoms with Crippen LogP contribution in [0.1, 0.15) is 5.56 Å². The molecule has 36 heavy (non-hydrogen) atoms.